The molecule has 0 aliphatic carbocycles. The van der Waals surface area contributed by atoms with Crippen molar-refractivity contribution in [3.63, 3.8) is 0 Å². The third kappa shape index (κ3) is 8.04. The second kappa shape index (κ2) is 11.0. The molecule has 0 fully saturated rings. The summed E-state index contributed by atoms with van der Waals surface area (Å²) >= 11 is 0. The minimum Gasteiger partial charge on any atom is -0.383 e. The lowest BCUT2D eigenvalue weighted by atomic mass is 10.4. The van der Waals surface area contributed by atoms with Crippen LogP contribution in [0.5, 0.6) is 0 Å². The highest BCUT2D eigenvalue weighted by atomic mass is 127. The SMILES string of the molecule is CCNC(=NCCn1ccnc1)NC(C)COC.I. The van der Waals surface area contributed by atoms with Crippen molar-refractivity contribution in [1.29, 1.82) is 0 Å². The van der Waals surface area contributed by atoms with Crippen LogP contribution in [-0.2, 0) is 11.3 Å². The summed E-state index contributed by atoms with van der Waals surface area (Å²) in [6.07, 6.45) is 5.50. The predicted octanol–water partition coefficient (Wildman–Crippen LogP) is 1.09. The van der Waals surface area contributed by atoms with Crippen LogP contribution in [0.2, 0.25) is 0 Å². The van der Waals surface area contributed by atoms with E-state index in [1.165, 1.54) is 0 Å². The van der Waals surface area contributed by atoms with Crippen molar-refractivity contribution < 1.29 is 4.74 Å². The molecule has 1 unspecified atom stereocenters. The molecule has 19 heavy (non-hydrogen) atoms. The van der Waals surface area contributed by atoms with Crippen molar-refractivity contribution in [1.82, 2.24) is 20.2 Å². The van der Waals surface area contributed by atoms with Crippen LogP contribution in [0.1, 0.15) is 13.8 Å². The molecule has 0 saturated carbocycles. The molecule has 0 amide bonds. The van der Waals surface area contributed by atoms with Crippen LogP contribution in [0, 0.1) is 0 Å². The summed E-state index contributed by atoms with van der Waals surface area (Å²) in [6, 6.07) is 0.237. The average Bonchev–Trinajstić information content (AvgIpc) is 2.82. The van der Waals surface area contributed by atoms with Gasteiger partial charge in [-0.1, -0.05) is 0 Å². The number of rotatable bonds is 7. The zero-order valence-electron chi connectivity index (χ0n) is 11.8. The van der Waals surface area contributed by atoms with E-state index >= 15 is 0 Å². The summed E-state index contributed by atoms with van der Waals surface area (Å²) in [4.78, 5) is 8.50. The largest absolute Gasteiger partial charge is 0.383 e. The average molecular weight is 381 g/mol. The molecule has 0 aliphatic rings. The first-order valence-corrected chi connectivity index (χ1v) is 6.25. The first kappa shape index (κ1) is 18.2. The zero-order chi connectivity index (χ0) is 13.2. The number of halogens is 1. The number of methoxy groups -OCH3 is 1. The maximum Gasteiger partial charge on any atom is 0.191 e. The van der Waals surface area contributed by atoms with E-state index in [1.807, 2.05) is 17.7 Å². The molecule has 1 atom stereocenters. The van der Waals surface area contributed by atoms with Gasteiger partial charge in [-0.25, -0.2) is 4.98 Å². The molecule has 6 nitrogen and oxygen atoms in total. The molecular formula is C12H24IN5O. The topological polar surface area (TPSA) is 63.5 Å². The lowest BCUT2D eigenvalue weighted by Gasteiger charge is -2.16. The quantitative estimate of drug-likeness (QED) is 0.422. The lowest BCUT2D eigenvalue weighted by Crippen LogP contribution is -2.44. The molecule has 1 aromatic rings. The minimum atomic E-state index is 0. The van der Waals surface area contributed by atoms with Crippen molar-refractivity contribution in [2.45, 2.75) is 26.4 Å². The van der Waals surface area contributed by atoms with Crippen molar-refractivity contribution in [3.05, 3.63) is 18.7 Å². The van der Waals surface area contributed by atoms with E-state index in [0.29, 0.717) is 13.2 Å². The summed E-state index contributed by atoms with van der Waals surface area (Å²) in [5, 5.41) is 6.50. The summed E-state index contributed by atoms with van der Waals surface area (Å²) in [6.45, 7) is 7.16. The maximum absolute atomic E-state index is 5.09. The Balaban J connectivity index is 0.00000324. The Labute approximate surface area is 132 Å². The fourth-order valence-corrected chi connectivity index (χ4v) is 1.54. The van der Waals surface area contributed by atoms with Crippen LogP contribution in [0.15, 0.2) is 23.7 Å². The van der Waals surface area contributed by atoms with Gasteiger partial charge in [0.25, 0.3) is 0 Å². The number of hydrogen-bond donors (Lipinski definition) is 2. The van der Waals surface area contributed by atoms with Gasteiger partial charge in [-0.2, -0.15) is 0 Å². The third-order valence-corrected chi connectivity index (χ3v) is 2.33. The molecule has 0 bridgehead atoms. The number of nitrogens with zero attached hydrogens (tertiary/aromatic N) is 3. The molecule has 0 aliphatic heterocycles. The van der Waals surface area contributed by atoms with Crippen LogP contribution < -0.4 is 10.6 Å². The van der Waals surface area contributed by atoms with Gasteiger partial charge in [-0.3, -0.25) is 4.99 Å². The molecule has 0 aromatic carbocycles. The molecule has 1 rings (SSSR count). The van der Waals surface area contributed by atoms with Gasteiger partial charge in [-0.15, -0.1) is 24.0 Å². The van der Waals surface area contributed by atoms with E-state index in [2.05, 4.69) is 27.5 Å². The van der Waals surface area contributed by atoms with E-state index in [0.717, 1.165) is 19.0 Å². The molecule has 0 radical (unpaired) electrons. The fourth-order valence-electron chi connectivity index (χ4n) is 1.54. The van der Waals surface area contributed by atoms with Crippen LogP contribution in [0.3, 0.4) is 0 Å². The van der Waals surface area contributed by atoms with Crippen LogP contribution in [-0.4, -0.2) is 48.4 Å². The second-order valence-corrected chi connectivity index (χ2v) is 4.06. The number of ether oxygens (including phenoxy) is 1. The van der Waals surface area contributed by atoms with Crippen LogP contribution >= 0.6 is 24.0 Å². The summed E-state index contributed by atoms with van der Waals surface area (Å²) in [7, 11) is 1.70. The molecule has 2 N–H and O–H groups in total. The minimum absolute atomic E-state index is 0. The Morgan fingerprint density at radius 3 is 2.89 bits per heavy atom. The molecule has 7 heteroatoms. The summed E-state index contributed by atoms with van der Waals surface area (Å²) < 4.78 is 7.09. The van der Waals surface area contributed by atoms with E-state index in [1.54, 1.807) is 19.6 Å². The number of aromatic nitrogens is 2. The Morgan fingerprint density at radius 1 is 1.53 bits per heavy atom. The fraction of sp³-hybridized carbons (Fsp3) is 0.667. The molecule has 0 spiro atoms. The number of hydrogen-bond acceptors (Lipinski definition) is 3. The van der Waals surface area contributed by atoms with Crippen molar-refractivity contribution >= 4 is 29.9 Å². The van der Waals surface area contributed by atoms with Gasteiger partial charge in [0.15, 0.2) is 5.96 Å². The molecule has 1 heterocycles. The van der Waals surface area contributed by atoms with Crippen molar-refractivity contribution in [3.8, 4) is 0 Å². The number of aliphatic imine (C=N–C) groups is 1. The summed E-state index contributed by atoms with van der Waals surface area (Å²) in [5.41, 5.74) is 0. The first-order chi connectivity index (χ1) is 8.76. The maximum atomic E-state index is 5.09. The monoisotopic (exact) mass is 381 g/mol. The molecule has 1 aromatic heterocycles. The highest BCUT2D eigenvalue weighted by Gasteiger charge is 2.03. The van der Waals surface area contributed by atoms with Crippen molar-refractivity contribution in [2.24, 2.45) is 4.99 Å². The second-order valence-electron chi connectivity index (χ2n) is 4.06. The molecular weight excluding hydrogens is 357 g/mol. The highest BCUT2D eigenvalue weighted by Crippen LogP contribution is 1.87. The number of nitrogens with one attached hydrogen (secondary N) is 2. The van der Waals surface area contributed by atoms with Gasteiger partial charge in [0, 0.05) is 38.6 Å². The van der Waals surface area contributed by atoms with Gasteiger partial charge >= 0.3 is 0 Å². The Morgan fingerprint density at radius 2 is 2.32 bits per heavy atom. The van der Waals surface area contributed by atoms with Crippen molar-refractivity contribution in [2.75, 3.05) is 26.8 Å². The number of guanidine groups is 1. The Bertz CT molecular complexity index is 342. The van der Waals surface area contributed by atoms with Gasteiger partial charge < -0.3 is 19.9 Å². The molecule has 0 saturated heterocycles. The van der Waals surface area contributed by atoms with Crippen LogP contribution in [0.4, 0.5) is 0 Å². The van der Waals surface area contributed by atoms with E-state index in [-0.39, 0.29) is 30.0 Å². The normalized spacial score (nSPS) is 12.7. The number of imidazole rings is 1. The van der Waals surface area contributed by atoms with Gasteiger partial charge in [0.05, 0.1) is 19.5 Å². The van der Waals surface area contributed by atoms with Crippen LogP contribution in [0.25, 0.3) is 0 Å². The molecule has 110 valence electrons. The zero-order valence-corrected chi connectivity index (χ0v) is 14.1. The lowest BCUT2D eigenvalue weighted by molar-refractivity contribution is 0.179. The summed E-state index contributed by atoms with van der Waals surface area (Å²) in [5.74, 6) is 0.821. The smallest absolute Gasteiger partial charge is 0.191 e. The van der Waals surface area contributed by atoms with E-state index in [4.69, 9.17) is 4.74 Å². The van der Waals surface area contributed by atoms with E-state index < -0.39 is 0 Å². The predicted molar refractivity (Wildman–Crippen MR) is 88.1 cm³/mol. The first-order valence-electron chi connectivity index (χ1n) is 6.25. The highest BCUT2D eigenvalue weighted by molar-refractivity contribution is 14.0. The van der Waals surface area contributed by atoms with Gasteiger partial charge in [0.1, 0.15) is 0 Å². The third-order valence-electron chi connectivity index (χ3n) is 2.33. The Kier molecular flexibility index (Phi) is 10.6. The Hall–Kier alpha value is -0.830. The van der Waals surface area contributed by atoms with E-state index in [9.17, 15) is 0 Å². The van der Waals surface area contributed by atoms with Gasteiger partial charge in [-0.05, 0) is 13.8 Å². The van der Waals surface area contributed by atoms with Gasteiger partial charge in [0.2, 0.25) is 0 Å². The standard InChI is InChI=1S/C12H23N5O.HI/c1-4-14-12(16-11(2)9-18-3)15-6-8-17-7-5-13-10-17;/h5,7,10-11H,4,6,8-9H2,1-3H3,(H2,14,15,16);1H.